The molecule has 2 aromatic rings. The second-order valence-electron chi connectivity index (χ2n) is 5.23. The number of anilines is 1. The topological polar surface area (TPSA) is 76.1 Å². The number of nitrogens with zero attached hydrogens (tertiary/aromatic N) is 5. The van der Waals surface area contributed by atoms with E-state index in [1.54, 1.807) is 18.6 Å². The molecule has 0 radical (unpaired) electrons. The lowest BCUT2D eigenvalue weighted by atomic mass is 10.2. The van der Waals surface area contributed by atoms with Crippen LogP contribution in [0.25, 0.3) is 0 Å². The zero-order chi connectivity index (χ0) is 15.4. The summed E-state index contributed by atoms with van der Waals surface area (Å²) in [6, 6.07) is 1.96. The van der Waals surface area contributed by atoms with E-state index < -0.39 is 0 Å². The molecule has 1 fully saturated rings. The molecule has 0 saturated carbocycles. The molecule has 116 valence electrons. The zero-order valence-corrected chi connectivity index (χ0v) is 12.9. The molecule has 7 heteroatoms. The first-order valence-corrected chi connectivity index (χ1v) is 7.37. The third kappa shape index (κ3) is 3.37. The van der Waals surface area contributed by atoms with Crippen LogP contribution in [-0.2, 0) is 11.3 Å². The van der Waals surface area contributed by atoms with Gasteiger partial charge in [0.1, 0.15) is 23.4 Å². The monoisotopic (exact) mass is 300 g/mol. The summed E-state index contributed by atoms with van der Waals surface area (Å²) in [5.41, 5.74) is 1.88. The van der Waals surface area contributed by atoms with Gasteiger partial charge in [-0.05, 0) is 13.0 Å². The van der Waals surface area contributed by atoms with E-state index >= 15 is 0 Å². The molecule has 0 aromatic carbocycles. The van der Waals surface area contributed by atoms with Gasteiger partial charge in [-0.15, -0.1) is 0 Å². The molecule has 1 aliphatic heterocycles. The molecule has 2 aromatic heterocycles. The summed E-state index contributed by atoms with van der Waals surface area (Å²) in [6.45, 7) is 5.03. The van der Waals surface area contributed by atoms with Crippen molar-refractivity contribution in [1.82, 2.24) is 24.8 Å². The van der Waals surface area contributed by atoms with Gasteiger partial charge in [0.25, 0.3) is 0 Å². The highest BCUT2D eigenvalue weighted by atomic mass is 16.5. The maximum Gasteiger partial charge on any atom is 0.150 e. The summed E-state index contributed by atoms with van der Waals surface area (Å²) in [4.78, 5) is 19.7. The fourth-order valence-corrected chi connectivity index (χ4v) is 2.61. The lowest BCUT2D eigenvalue weighted by molar-refractivity contribution is -0.0351. The second-order valence-corrected chi connectivity index (χ2v) is 5.23. The predicted octanol–water partition coefficient (Wildman–Crippen LogP) is 1.19. The second kappa shape index (κ2) is 6.76. The minimum atomic E-state index is -0.0761. The first-order valence-electron chi connectivity index (χ1n) is 7.37. The van der Waals surface area contributed by atoms with Crippen LogP contribution >= 0.6 is 0 Å². The number of morpholine rings is 1. The van der Waals surface area contributed by atoms with E-state index in [0.29, 0.717) is 6.61 Å². The average molecular weight is 300 g/mol. The fourth-order valence-electron chi connectivity index (χ4n) is 2.61. The summed E-state index contributed by atoms with van der Waals surface area (Å²) >= 11 is 0. The van der Waals surface area contributed by atoms with Gasteiger partial charge in [-0.2, -0.15) is 0 Å². The van der Waals surface area contributed by atoms with Crippen molar-refractivity contribution in [2.45, 2.75) is 19.6 Å². The number of aromatic nitrogens is 4. The van der Waals surface area contributed by atoms with Crippen LogP contribution in [0.3, 0.4) is 0 Å². The Hall–Kier alpha value is -2.12. The normalized spacial score (nSPS) is 19.1. The summed E-state index contributed by atoms with van der Waals surface area (Å²) < 4.78 is 5.88. The molecule has 3 heterocycles. The van der Waals surface area contributed by atoms with Crippen LogP contribution in [0.2, 0.25) is 0 Å². The molecule has 1 aliphatic rings. The number of nitrogens with one attached hydrogen (secondary N) is 1. The van der Waals surface area contributed by atoms with Crippen molar-refractivity contribution in [2.75, 3.05) is 32.1 Å². The Morgan fingerprint density at radius 2 is 2.14 bits per heavy atom. The van der Waals surface area contributed by atoms with E-state index in [2.05, 4.69) is 30.2 Å². The number of rotatable bonds is 4. The van der Waals surface area contributed by atoms with Gasteiger partial charge in [-0.25, -0.2) is 15.0 Å². The number of aryl methyl sites for hydroxylation is 1. The van der Waals surface area contributed by atoms with E-state index in [9.17, 15) is 0 Å². The summed E-state index contributed by atoms with van der Waals surface area (Å²) in [5.74, 6) is 1.57. The molecule has 1 atom stereocenters. The van der Waals surface area contributed by atoms with Crippen LogP contribution in [0.4, 0.5) is 5.82 Å². The van der Waals surface area contributed by atoms with E-state index in [1.807, 2.05) is 20.0 Å². The number of ether oxygens (including phenoxy) is 1. The number of hydrogen-bond donors (Lipinski definition) is 1. The Kier molecular flexibility index (Phi) is 4.55. The molecule has 0 amide bonds. The van der Waals surface area contributed by atoms with E-state index in [4.69, 9.17) is 4.74 Å². The predicted molar refractivity (Wildman–Crippen MR) is 82.3 cm³/mol. The molecule has 0 bridgehead atoms. The van der Waals surface area contributed by atoms with Crippen molar-refractivity contribution in [2.24, 2.45) is 0 Å². The van der Waals surface area contributed by atoms with E-state index in [1.165, 1.54) is 0 Å². The van der Waals surface area contributed by atoms with Crippen molar-refractivity contribution in [3.8, 4) is 0 Å². The highest BCUT2D eigenvalue weighted by Gasteiger charge is 2.25. The largest absolute Gasteiger partial charge is 0.372 e. The SMILES string of the molecule is CNc1nccnc1[C@H]1CN(Cc2ccnc(C)n2)CCO1. The maximum atomic E-state index is 5.88. The minimum Gasteiger partial charge on any atom is -0.372 e. The minimum absolute atomic E-state index is 0.0761. The van der Waals surface area contributed by atoms with Gasteiger partial charge in [0, 0.05) is 45.3 Å². The molecule has 7 nitrogen and oxygen atoms in total. The van der Waals surface area contributed by atoms with Crippen LogP contribution in [0.1, 0.15) is 23.3 Å². The standard InChI is InChI=1S/C15H20N6O/c1-11-17-4-3-12(20-11)9-21-7-8-22-13(10-21)14-15(16-2)19-6-5-18-14/h3-6,13H,7-10H2,1-2H3,(H,16,19)/t13-/m1/s1. The van der Waals surface area contributed by atoms with Crippen LogP contribution in [0.15, 0.2) is 24.7 Å². The van der Waals surface area contributed by atoms with Crippen molar-refractivity contribution in [3.63, 3.8) is 0 Å². The van der Waals surface area contributed by atoms with E-state index in [-0.39, 0.29) is 6.10 Å². The van der Waals surface area contributed by atoms with Gasteiger partial charge in [0.05, 0.1) is 12.3 Å². The Morgan fingerprint density at radius 1 is 1.27 bits per heavy atom. The lowest BCUT2D eigenvalue weighted by Gasteiger charge is -2.32. The molecule has 0 spiro atoms. The Labute approximate surface area is 129 Å². The van der Waals surface area contributed by atoms with Gasteiger partial charge in [0.2, 0.25) is 0 Å². The quantitative estimate of drug-likeness (QED) is 0.909. The van der Waals surface area contributed by atoms with Crippen LogP contribution in [0, 0.1) is 6.92 Å². The van der Waals surface area contributed by atoms with Gasteiger partial charge >= 0.3 is 0 Å². The molecule has 0 unspecified atom stereocenters. The molecule has 22 heavy (non-hydrogen) atoms. The van der Waals surface area contributed by atoms with Crippen molar-refractivity contribution in [3.05, 3.63) is 41.9 Å². The molecule has 1 saturated heterocycles. The molecule has 0 aliphatic carbocycles. The lowest BCUT2D eigenvalue weighted by Crippen LogP contribution is -2.38. The average Bonchev–Trinajstić information content (AvgIpc) is 2.55. The molecular formula is C15H20N6O. The maximum absolute atomic E-state index is 5.88. The van der Waals surface area contributed by atoms with Crippen molar-refractivity contribution >= 4 is 5.82 Å². The Balaban J connectivity index is 1.71. The van der Waals surface area contributed by atoms with Gasteiger partial charge < -0.3 is 10.1 Å². The zero-order valence-electron chi connectivity index (χ0n) is 12.9. The first kappa shape index (κ1) is 14.8. The fraction of sp³-hybridized carbons (Fsp3) is 0.467. The molecular weight excluding hydrogens is 280 g/mol. The first-order chi connectivity index (χ1) is 10.8. The van der Waals surface area contributed by atoms with Gasteiger partial charge in [-0.1, -0.05) is 0 Å². The highest BCUT2D eigenvalue weighted by Crippen LogP contribution is 2.25. The van der Waals surface area contributed by atoms with E-state index in [0.717, 1.165) is 42.7 Å². The van der Waals surface area contributed by atoms with Crippen LogP contribution in [-0.4, -0.2) is 51.6 Å². The van der Waals surface area contributed by atoms with Crippen LogP contribution < -0.4 is 5.32 Å². The summed E-state index contributed by atoms with van der Waals surface area (Å²) in [7, 11) is 1.85. The van der Waals surface area contributed by atoms with Gasteiger partial charge in [0.15, 0.2) is 0 Å². The molecule has 3 rings (SSSR count). The summed E-state index contributed by atoms with van der Waals surface area (Å²) in [6.07, 6.45) is 5.11. The summed E-state index contributed by atoms with van der Waals surface area (Å²) in [5, 5.41) is 3.07. The van der Waals surface area contributed by atoms with Crippen LogP contribution in [0.5, 0.6) is 0 Å². The van der Waals surface area contributed by atoms with Crippen molar-refractivity contribution < 1.29 is 4.74 Å². The smallest absolute Gasteiger partial charge is 0.150 e. The Morgan fingerprint density at radius 3 is 2.95 bits per heavy atom. The van der Waals surface area contributed by atoms with Crippen molar-refractivity contribution in [1.29, 1.82) is 0 Å². The third-order valence-corrected chi connectivity index (χ3v) is 3.64. The Bertz CT molecular complexity index is 635. The van der Waals surface area contributed by atoms with Gasteiger partial charge in [-0.3, -0.25) is 9.88 Å². The highest BCUT2D eigenvalue weighted by molar-refractivity contribution is 5.40. The molecule has 1 N–H and O–H groups in total. The number of hydrogen-bond acceptors (Lipinski definition) is 7. The third-order valence-electron chi connectivity index (χ3n) is 3.64.